The summed E-state index contributed by atoms with van der Waals surface area (Å²) in [5, 5.41) is 26.5. The lowest BCUT2D eigenvalue weighted by molar-refractivity contribution is -0.145. The van der Waals surface area contributed by atoms with E-state index in [1.807, 2.05) is 13.8 Å². The number of ether oxygens (including phenoxy) is 2. The quantitative estimate of drug-likeness (QED) is 0.0963. The Morgan fingerprint density at radius 1 is 1.08 bits per heavy atom. The van der Waals surface area contributed by atoms with Crippen LogP contribution >= 0.6 is 7.79 Å². The highest BCUT2D eigenvalue weighted by Gasteiger charge is 2.43. The highest BCUT2D eigenvalue weighted by atomic mass is 31.2. The Kier molecular flexibility index (Phi) is 12.2. The summed E-state index contributed by atoms with van der Waals surface area (Å²) in [6, 6.07) is -0.575. The lowest BCUT2D eigenvalue weighted by Gasteiger charge is -2.26. The molecular weight excluding hydrogens is 533 g/mol. The summed E-state index contributed by atoms with van der Waals surface area (Å²) < 4.78 is 16.8. The normalized spacial score (nSPS) is 13.2. The number of rotatable bonds is 16. The van der Waals surface area contributed by atoms with E-state index in [2.05, 4.69) is 15.2 Å². The van der Waals surface area contributed by atoms with E-state index in [-0.39, 0.29) is 43.3 Å². The molecule has 218 valence electrons. The molecule has 2 aromatic heterocycles. The monoisotopic (exact) mass is 572 g/mol. The molecule has 0 spiro atoms. The van der Waals surface area contributed by atoms with Gasteiger partial charge in [0, 0.05) is 12.6 Å². The maximum Gasteiger partial charge on any atom is 0.356 e. The Morgan fingerprint density at radius 3 is 2.10 bits per heavy atom. The third kappa shape index (κ3) is 9.20. The number of anilines is 1. The largest absolute Gasteiger partial charge is 0.502 e. The van der Waals surface area contributed by atoms with Crippen LogP contribution in [0.15, 0.2) is 21.5 Å². The molecule has 0 radical (unpaired) electrons. The first kappa shape index (κ1) is 32.0. The van der Waals surface area contributed by atoms with E-state index in [1.54, 1.807) is 0 Å². The third-order valence-corrected chi connectivity index (χ3v) is 8.12. The van der Waals surface area contributed by atoms with Crippen LogP contribution in [-0.4, -0.2) is 68.1 Å². The molecule has 2 heterocycles. The number of carbonyl (C=O) groups is 2. The van der Waals surface area contributed by atoms with Crippen LogP contribution in [0.3, 0.4) is 0 Å². The third-order valence-electron chi connectivity index (χ3n) is 5.62. The van der Waals surface area contributed by atoms with E-state index in [0.717, 1.165) is 17.4 Å². The molecule has 15 heteroatoms. The number of aryl methyl sites for hydroxylation is 1. The topological polar surface area (TPSA) is 211 Å². The van der Waals surface area contributed by atoms with Crippen LogP contribution < -0.4 is 21.6 Å². The van der Waals surface area contributed by atoms with Crippen LogP contribution in [-0.2, 0) is 25.5 Å². The molecule has 0 unspecified atom stereocenters. The molecule has 0 saturated carbocycles. The number of unbranched alkanes of at least 4 members (excludes halogenated alkanes) is 2. The average Bonchev–Trinajstić information content (AvgIpc) is 3.16. The van der Waals surface area contributed by atoms with Gasteiger partial charge in [-0.05, 0) is 32.8 Å². The van der Waals surface area contributed by atoms with Crippen molar-refractivity contribution in [2.75, 3.05) is 25.1 Å². The molecule has 0 aliphatic heterocycles. The van der Waals surface area contributed by atoms with Crippen molar-refractivity contribution in [1.29, 1.82) is 0 Å². The molecule has 0 aliphatic rings. The van der Waals surface area contributed by atoms with Gasteiger partial charge in [0.1, 0.15) is 24.1 Å². The van der Waals surface area contributed by atoms with Crippen molar-refractivity contribution in [2.24, 2.45) is 0 Å². The number of carbonyl (C=O) groups excluding carboxylic acids is 2. The molecule has 0 amide bonds. The Morgan fingerprint density at radius 2 is 1.62 bits per heavy atom. The molecule has 2 rings (SSSR count). The average molecular weight is 573 g/mol. The number of aromatic nitrogens is 2. The molecule has 2 aromatic rings. The van der Waals surface area contributed by atoms with Crippen molar-refractivity contribution in [1.82, 2.24) is 19.7 Å². The number of hydrogen-bond acceptors (Lipinski definition) is 13. The minimum absolute atomic E-state index is 0.0385. The van der Waals surface area contributed by atoms with E-state index in [0.29, 0.717) is 12.8 Å². The van der Waals surface area contributed by atoms with Gasteiger partial charge in [0.2, 0.25) is 11.5 Å². The maximum atomic E-state index is 12.4. The van der Waals surface area contributed by atoms with Crippen molar-refractivity contribution in [3.63, 3.8) is 0 Å². The maximum absolute atomic E-state index is 12.4. The van der Waals surface area contributed by atoms with Gasteiger partial charge in [0.15, 0.2) is 5.76 Å². The van der Waals surface area contributed by atoms with E-state index in [1.165, 1.54) is 26.1 Å². The van der Waals surface area contributed by atoms with Gasteiger partial charge in [0.05, 0.1) is 13.2 Å². The predicted octanol–water partition coefficient (Wildman–Crippen LogP) is 1.76. The number of nitrogens with zero attached hydrogens (tertiary/aromatic N) is 2. The molecule has 0 aromatic carbocycles. The smallest absolute Gasteiger partial charge is 0.356 e. The van der Waals surface area contributed by atoms with E-state index in [9.17, 15) is 29.5 Å². The Hall–Kier alpha value is -3.19. The van der Waals surface area contributed by atoms with Crippen molar-refractivity contribution < 1.29 is 38.6 Å². The second-order valence-corrected chi connectivity index (χ2v) is 11.5. The zero-order chi connectivity index (χ0) is 29.2. The lowest BCUT2D eigenvalue weighted by Crippen LogP contribution is -2.45. The molecular formula is C24H39N5O9P+. The standard InChI is InChI=1S/C24H38N5O9P/c1-5-7-12-36-22(32)15(3)27-39(35,28-16(4)23(33)37-13-8-6-2)14-10-17-19(30)20(31)21(38-17)29-11-9-18(25)26-24(29)34/h9,11,15-16,27-28,35H,5-8,10,12-14H2,1-4H3,(H3-,25,26,30,31,34)/p+1/t15-,16-/m0/s1. The zero-order valence-corrected chi connectivity index (χ0v) is 23.6. The Balaban J connectivity index is 2.25. The Labute approximate surface area is 227 Å². The van der Waals surface area contributed by atoms with Gasteiger partial charge in [-0.3, -0.25) is 9.59 Å². The second-order valence-electron chi connectivity index (χ2n) is 9.02. The molecule has 0 saturated heterocycles. The van der Waals surface area contributed by atoms with Gasteiger partial charge < -0.3 is 29.8 Å². The highest BCUT2D eigenvalue weighted by molar-refractivity contribution is 7.66. The molecule has 0 fully saturated rings. The van der Waals surface area contributed by atoms with Gasteiger partial charge >= 0.3 is 17.6 Å². The van der Waals surface area contributed by atoms with Crippen LogP contribution in [0, 0.1) is 0 Å². The first-order valence-corrected chi connectivity index (χ1v) is 14.7. The first-order valence-electron chi connectivity index (χ1n) is 12.8. The fourth-order valence-electron chi connectivity index (χ4n) is 3.41. The van der Waals surface area contributed by atoms with Gasteiger partial charge in [0.25, 0.3) is 13.7 Å². The summed E-state index contributed by atoms with van der Waals surface area (Å²) in [4.78, 5) is 52.1. The number of hydrogen-bond donors (Lipinski definition) is 6. The van der Waals surface area contributed by atoms with Crippen LogP contribution in [0.1, 0.15) is 59.1 Å². The summed E-state index contributed by atoms with van der Waals surface area (Å²) >= 11 is 0. The van der Waals surface area contributed by atoms with Crippen LogP contribution in [0.5, 0.6) is 11.5 Å². The number of esters is 2. The van der Waals surface area contributed by atoms with Crippen LogP contribution in [0.4, 0.5) is 5.82 Å². The van der Waals surface area contributed by atoms with Gasteiger partial charge in [-0.15, -0.1) is 10.2 Å². The number of aromatic hydroxyl groups is 2. The van der Waals surface area contributed by atoms with Gasteiger partial charge in [-0.2, -0.15) is 4.98 Å². The predicted molar refractivity (Wildman–Crippen MR) is 144 cm³/mol. The van der Waals surface area contributed by atoms with Crippen LogP contribution in [0.25, 0.3) is 5.88 Å². The van der Waals surface area contributed by atoms with Crippen molar-refractivity contribution in [3.05, 3.63) is 28.5 Å². The molecule has 39 heavy (non-hydrogen) atoms. The summed E-state index contributed by atoms with van der Waals surface area (Å²) in [5.41, 5.74) is 4.65. The summed E-state index contributed by atoms with van der Waals surface area (Å²) in [6.45, 7) is 7.40. The minimum Gasteiger partial charge on any atom is -0.502 e. The lowest BCUT2D eigenvalue weighted by atomic mass is 10.3. The fourth-order valence-corrected chi connectivity index (χ4v) is 5.76. The van der Waals surface area contributed by atoms with Crippen molar-refractivity contribution in [3.8, 4) is 17.4 Å². The number of nitrogens with two attached hydrogens (primary N) is 1. The molecule has 14 nitrogen and oxygen atoms in total. The fraction of sp³-hybridized carbons (Fsp3) is 0.583. The van der Waals surface area contributed by atoms with Crippen molar-refractivity contribution >= 4 is 25.5 Å². The van der Waals surface area contributed by atoms with Gasteiger partial charge in [-0.1, -0.05) is 26.7 Å². The molecule has 7 N–H and O–H groups in total. The first-order chi connectivity index (χ1) is 18.4. The summed E-state index contributed by atoms with van der Waals surface area (Å²) in [6.07, 6.45) is 3.96. The summed E-state index contributed by atoms with van der Waals surface area (Å²) in [5.74, 6) is -3.09. The number of nitrogen functional groups attached to an aromatic ring is 1. The number of furan rings is 1. The van der Waals surface area contributed by atoms with Crippen LogP contribution in [0.2, 0.25) is 0 Å². The minimum atomic E-state index is -3.50. The van der Waals surface area contributed by atoms with E-state index < -0.39 is 49.0 Å². The zero-order valence-electron chi connectivity index (χ0n) is 22.7. The summed E-state index contributed by atoms with van der Waals surface area (Å²) in [7, 11) is -3.50. The number of nitrogens with one attached hydrogen (secondary N) is 2. The molecule has 0 bridgehead atoms. The molecule has 0 aliphatic carbocycles. The molecule has 2 atom stereocenters. The SMILES string of the molecule is CCCCOC(=O)[C@H](C)N[P+](O)(CCc1oc(-n2ccc(N)nc2=O)c(O)c1O)N[C@@H](C)C(=O)OCCCC. The Bertz CT molecular complexity index is 1140. The van der Waals surface area contributed by atoms with Crippen molar-refractivity contribution in [2.45, 2.75) is 71.9 Å². The highest BCUT2D eigenvalue weighted by Crippen LogP contribution is 2.49. The van der Waals surface area contributed by atoms with E-state index >= 15 is 0 Å². The second kappa shape index (κ2) is 14.8. The van der Waals surface area contributed by atoms with E-state index in [4.69, 9.17) is 19.6 Å². The van der Waals surface area contributed by atoms with Gasteiger partial charge in [-0.25, -0.2) is 14.3 Å².